The van der Waals surface area contributed by atoms with Crippen molar-refractivity contribution in [2.75, 3.05) is 47.5 Å². The van der Waals surface area contributed by atoms with Gasteiger partial charge in [-0.25, -0.2) is 4.18 Å². The van der Waals surface area contributed by atoms with Crippen molar-refractivity contribution in [3.8, 4) is 0 Å². The molecular weight excluding hydrogens is 210 g/mol. The molecule has 0 rings (SSSR count). The molecular formula is C7H18NO5S+. The first-order valence-corrected chi connectivity index (χ1v) is 5.54. The van der Waals surface area contributed by atoms with E-state index in [1.807, 2.05) is 14.1 Å². The van der Waals surface area contributed by atoms with E-state index in [1.54, 1.807) is 0 Å². The van der Waals surface area contributed by atoms with Crippen molar-refractivity contribution in [1.29, 1.82) is 0 Å². The topological polar surface area (TPSA) is 72.8 Å². The van der Waals surface area contributed by atoms with Crippen molar-refractivity contribution in [2.24, 2.45) is 0 Å². The molecule has 0 saturated heterocycles. The third-order valence-corrected chi connectivity index (χ3v) is 2.70. The Morgan fingerprint density at radius 3 is 2.29 bits per heavy atom. The minimum absolute atomic E-state index is 0.0448. The van der Waals surface area contributed by atoms with Crippen LogP contribution in [0.15, 0.2) is 0 Å². The van der Waals surface area contributed by atoms with E-state index in [2.05, 4.69) is 8.37 Å². The third-order valence-electron chi connectivity index (χ3n) is 1.83. The molecule has 0 aromatic heterocycles. The smallest absolute Gasteiger partial charge is 0.391 e. The maximum Gasteiger partial charge on any atom is 0.399 e. The number of quaternary nitrogens is 1. The van der Waals surface area contributed by atoms with Crippen LogP contribution in [-0.4, -0.2) is 65.5 Å². The zero-order valence-electron chi connectivity index (χ0n) is 8.76. The largest absolute Gasteiger partial charge is 0.399 e. The average molecular weight is 228 g/mol. The average Bonchev–Trinajstić information content (AvgIpc) is 2.03. The van der Waals surface area contributed by atoms with Crippen LogP contribution in [0.25, 0.3) is 0 Å². The molecule has 0 unspecified atom stereocenters. The van der Waals surface area contributed by atoms with Crippen LogP contribution in [0.1, 0.15) is 0 Å². The van der Waals surface area contributed by atoms with Gasteiger partial charge in [-0.05, 0) is 0 Å². The lowest BCUT2D eigenvalue weighted by atomic mass is 10.4. The number of rotatable bonds is 7. The molecule has 0 aromatic carbocycles. The Morgan fingerprint density at radius 1 is 1.29 bits per heavy atom. The predicted molar refractivity (Wildman–Crippen MR) is 50.8 cm³/mol. The van der Waals surface area contributed by atoms with Gasteiger partial charge in [0, 0.05) is 0 Å². The van der Waals surface area contributed by atoms with E-state index in [4.69, 9.17) is 5.11 Å². The van der Waals surface area contributed by atoms with Gasteiger partial charge in [-0.1, -0.05) is 0 Å². The zero-order valence-corrected chi connectivity index (χ0v) is 9.58. The van der Waals surface area contributed by atoms with E-state index in [0.29, 0.717) is 17.6 Å². The van der Waals surface area contributed by atoms with Crippen LogP contribution in [0.2, 0.25) is 0 Å². The van der Waals surface area contributed by atoms with Crippen LogP contribution in [-0.2, 0) is 18.8 Å². The number of hydrogen-bond acceptors (Lipinski definition) is 5. The van der Waals surface area contributed by atoms with Crippen molar-refractivity contribution in [3.63, 3.8) is 0 Å². The number of likely N-dealkylation sites (N-methyl/N-ethyl adjacent to an activating group) is 1. The van der Waals surface area contributed by atoms with Gasteiger partial charge in [0.25, 0.3) is 0 Å². The van der Waals surface area contributed by atoms with E-state index < -0.39 is 10.4 Å². The molecule has 0 aliphatic heterocycles. The molecule has 0 saturated carbocycles. The molecule has 0 aliphatic carbocycles. The summed E-state index contributed by atoms with van der Waals surface area (Å²) in [5.74, 6) is 0. The Bertz CT molecular complexity index is 249. The summed E-state index contributed by atoms with van der Waals surface area (Å²) in [5.41, 5.74) is 0. The lowest BCUT2D eigenvalue weighted by Gasteiger charge is -2.28. The normalized spacial score (nSPS) is 13.1. The first-order valence-electron chi connectivity index (χ1n) is 4.21. The monoisotopic (exact) mass is 228 g/mol. The van der Waals surface area contributed by atoms with Gasteiger partial charge in [-0.2, -0.15) is 8.42 Å². The summed E-state index contributed by atoms with van der Waals surface area (Å²) in [6, 6.07) is 0. The van der Waals surface area contributed by atoms with Gasteiger partial charge in [0.2, 0.25) is 0 Å². The molecule has 0 aromatic rings. The van der Waals surface area contributed by atoms with Gasteiger partial charge >= 0.3 is 10.4 Å². The highest BCUT2D eigenvalue weighted by molar-refractivity contribution is 7.81. The lowest BCUT2D eigenvalue weighted by molar-refractivity contribution is -0.890. The van der Waals surface area contributed by atoms with Crippen LogP contribution in [0, 0.1) is 0 Å². The number of aliphatic hydroxyl groups is 1. The van der Waals surface area contributed by atoms with E-state index in [1.165, 1.54) is 0 Å². The molecule has 1 N–H and O–H groups in total. The molecule has 7 heteroatoms. The fourth-order valence-electron chi connectivity index (χ4n) is 0.817. The molecule has 14 heavy (non-hydrogen) atoms. The van der Waals surface area contributed by atoms with Crippen LogP contribution < -0.4 is 0 Å². The lowest BCUT2D eigenvalue weighted by Crippen LogP contribution is -2.44. The Morgan fingerprint density at radius 2 is 1.86 bits per heavy atom. The van der Waals surface area contributed by atoms with Gasteiger partial charge in [0.1, 0.15) is 19.7 Å². The maximum atomic E-state index is 10.7. The summed E-state index contributed by atoms with van der Waals surface area (Å²) in [4.78, 5) is 0. The molecule has 6 nitrogen and oxygen atoms in total. The van der Waals surface area contributed by atoms with Crippen molar-refractivity contribution < 1.29 is 26.4 Å². The predicted octanol–water partition coefficient (Wildman–Crippen LogP) is -1.04. The SMILES string of the molecule is COS(=O)(=O)OCC[N+](C)(C)CCO. The van der Waals surface area contributed by atoms with Gasteiger partial charge in [0.05, 0.1) is 27.8 Å². The molecule has 0 atom stereocenters. The standard InChI is InChI=1S/C7H18NO5S/c1-8(2,4-6-9)5-7-13-14(10,11)12-3/h9H,4-7H2,1-3H3/q+1. The maximum absolute atomic E-state index is 10.7. The second kappa shape index (κ2) is 5.62. The summed E-state index contributed by atoms with van der Waals surface area (Å²) >= 11 is 0. The molecule has 86 valence electrons. The highest BCUT2D eigenvalue weighted by Gasteiger charge is 2.16. The Labute approximate surface area is 85.0 Å². The number of aliphatic hydroxyl groups excluding tert-OH is 1. The Balaban J connectivity index is 3.85. The molecule has 0 heterocycles. The quantitative estimate of drug-likeness (QED) is 0.564. The zero-order chi connectivity index (χ0) is 11.2. The summed E-state index contributed by atoms with van der Waals surface area (Å²) < 4.78 is 30.6. The highest BCUT2D eigenvalue weighted by atomic mass is 32.3. The van der Waals surface area contributed by atoms with Crippen molar-refractivity contribution in [3.05, 3.63) is 0 Å². The van der Waals surface area contributed by atoms with Gasteiger partial charge in [0.15, 0.2) is 0 Å². The first-order chi connectivity index (χ1) is 6.33. The third kappa shape index (κ3) is 6.28. The Kier molecular flexibility index (Phi) is 5.53. The van der Waals surface area contributed by atoms with Gasteiger partial charge in [-0.3, -0.25) is 4.18 Å². The van der Waals surface area contributed by atoms with E-state index in [9.17, 15) is 8.42 Å². The van der Waals surface area contributed by atoms with Crippen LogP contribution in [0.5, 0.6) is 0 Å². The highest BCUT2D eigenvalue weighted by Crippen LogP contribution is 1.98. The second-order valence-corrected chi connectivity index (χ2v) is 4.89. The number of hydrogen-bond donors (Lipinski definition) is 1. The van der Waals surface area contributed by atoms with Crippen molar-refractivity contribution in [2.45, 2.75) is 0 Å². The molecule has 0 spiro atoms. The summed E-state index contributed by atoms with van der Waals surface area (Å²) in [7, 11) is 0.963. The fraction of sp³-hybridized carbons (Fsp3) is 1.00. The van der Waals surface area contributed by atoms with Gasteiger partial charge in [-0.15, -0.1) is 0 Å². The van der Waals surface area contributed by atoms with Crippen molar-refractivity contribution in [1.82, 2.24) is 0 Å². The van der Waals surface area contributed by atoms with E-state index in [-0.39, 0.29) is 13.2 Å². The minimum Gasteiger partial charge on any atom is -0.391 e. The second-order valence-electron chi connectivity index (χ2n) is 3.50. The molecule has 0 radical (unpaired) electrons. The molecule has 0 aliphatic rings. The van der Waals surface area contributed by atoms with E-state index >= 15 is 0 Å². The fourth-order valence-corrected chi connectivity index (χ4v) is 1.19. The van der Waals surface area contributed by atoms with Crippen LogP contribution in [0.3, 0.4) is 0 Å². The number of nitrogens with zero attached hydrogens (tertiary/aromatic N) is 1. The molecule has 0 bridgehead atoms. The summed E-state index contributed by atoms with van der Waals surface area (Å²) in [6.45, 7) is 1.15. The Hall–Kier alpha value is -0.210. The summed E-state index contributed by atoms with van der Waals surface area (Å²) in [5, 5.41) is 8.71. The van der Waals surface area contributed by atoms with Crippen LogP contribution >= 0.6 is 0 Å². The van der Waals surface area contributed by atoms with Crippen molar-refractivity contribution >= 4 is 10.4 Å². The molecule has 0 amide bonds. The van der Waals surface area contributed by atoms with Crippen LogP contribution in [0.4, 0.5) is 0 Å². The molecule has 0 fully saturated rings. The minimum atomic E-state index is -3.83. The van der Waals surface area contributed by atoms with E-state index in [0.717, 1.165) is 7.11 Å². The first kappa shape index (κ1) is 13.8. The van der Waals surface area contributed by atoms with Gasteiger partial charge < -0.3 is 9.59 Å². The summed E-state index contributed by atoms with van der Waals surface area (Å²) in [6.07, 6.45) is 0.